The van der Waals surface area contributed by atoms with E-state index in [0.29, 0.717) is 6.54 Å². The van der Waals surface area contributed by atoms with Crippen LogP contribution >= 0.6 is 0 Å². The van der Waals surface area contributed by atoms with Gasteiger partial charge in [-0.25, -0.2) is 18.2 Å². The van der Waals surface area contributed by atoms with Crippen LogP contribution in [0.3, 0.4) is 0 Å². The summed E-state index contributed by atoms with van der Waals surface area (Å²) in [6.07, 6.45) is 5.34. The topological polar surface area (TPSA) is 132 Å². The van der Waals surface area contributed by atoms with Crippen molar-refractivity contribution in [2.75, 3.05) is 45.1 Å². The van der Waals surface area contributed by atoms with Crippen molar-refractivity contribution >= 4 is 27.7 Å². The average Bonchev–Trinajstić information content (AvgIpc) is 2.88. The first-order chi connectivity index (χ1) is 18.2. The molecule has 1 saturated heterocycles. The summed E-state index contributed by atoms with van der Waals surface area (Å²) in [5, 5.41) is 15.6. The maximum Gasteiger partial charge on any atom is 0.326 e. The van der Waals surface area contributed by atoms with E-state index in [1.807, 2.05) is 7.05 Å². The molecule has 1 fully saturated rings. The van der Waals surface area contributed by atoms with Gasteiger partial charge >= 0.3 is 5.97 Å². The average molecular weight is 544 g/mol. The van der Waals surface area contributed by atoms with E-state index < -0.39 is 33.9 Å². The van der Waals surface area contributed by atoms with E-state index in [9.17, 15) is 23.1 Å². The van der Waals surface area contributed by atoms with Crippen molar-refractivity contribution in [1.82, 2.24) is 19.5 Å². The van der Waals surface area contributed by atoms with E-state index >= 15 is 0 Å². The van der Waals surface area contributed by atoms with Gasteiger partial charge in [0.2, 0.25) is 15.9 Å². The number of nitrogens with one attached hydrogen (secondary N) is 2. The lowest BCUT2D eigenvalue weighted by Crippen LogP contribution is -2.57. The fourth-order valence-corrected chi connectivity index (χ4v) is 6.30. The summed E-state index contributed by atoms with van der Waals surface area (Å²) in [6.45, 7) is 2.41. The SMILES string of the molecule is CN(CCCCc1ccc2c(n1)NCCC2)CCC(NC(=O)C1CN(S(=O)(=O)c2ccccc2)C1)C(=O)O. The standard InChI is InChI=1S/C27H37N5O5S/c1-31(16-6-5-9-22-13-12-20-8-7-15-28-25(20)29-22)17-14-24(27(34)35)30-26(33)21-18-32(19-21)38(36,37)23-10-3-2-4-11-23/h2-4,10-13,21,24H,5-9,14-19H2,1H3,(H,28,29)(H,30,33)(H,34,35). The van der Waals surface area contributed by atoms with Crippen LogP contribution in [0.1, 0.15) is 36.9 Å². The van der Waals surface area contributed by atoms with Crippen LogP contribution < -0.4 is 10.6 Å². The van der Waals surface area contributed by atoms with Crippen LogP contribution in [-0.2, 0) is 32.5 Å². The number of aromatic nitrogens is 1. The van der Waals surface area contributed by atoms with Gasteiger partial charge in [0.15, 0.2) is 0 Å². The first kappa shape index (κ1) is 28.0. The molecule has 4 rings (SSSR count). The first-order valence-corrected chi connectivity index (χ1v) is 14.7. The molecule has 3 heterocycles. The Labute approximate surface area is 224 Å². The first-order valence-electron chi connectivity index (χ1n) is 13.2. The van der Waals surface area contributed by atoms with Gasteiger partial charge in [-0.2, -0.15) is 4.31 Å². The van der Waals surface area contributed by atoms with Gasteiger partial charge in [0.25, 0.3) is 0 Å². The molecular formula is C27H37N5O5S. The lowest BCUT2D eigenvalue weighted by Gasteiger charge is -2.37. The monoisotopic (exact) mass is 543 g/mol. The fraction of sp³-hybridized carbons (Fsp3) is 0.519. The van der Waals surface area contributed by atoms with Crippen LogP contribution in [0, 0.1) is 5.92 Å². The Hall–Kier alpha value is -3.02. The molecule has 0 radical (unpaired) electrons. The number of aliphatic carboxylic acids is 1. The Kier molecular flexibility index (Phi) is 9.35. The van der Waals surface area contributed by atoms with Crippen molar-refractivity contribution in [2.45, 2.75) is 49.5 Å². The number of pyridine rings is 1. The van der Waals surface area contributed by atoms with Gasteiger partial charge in [0.05, 0.1) is 10.8 Å². The van der Waals surface area contributed by atoms with Gasteiger partial charge in [-0.3, -0.25) is 4.79 Å². The molecule has 0 aliphatic carbocycles. The highest BCUT2D eigenvalue weighted by Crippen LogP contribution is 2.25. The largest absolute Gasteiger partial charge is 0.480 e. The van der Waals surface area contributed by atoms with E-state index in [-0.39, 0.29) is 24.4 Å². The van der Waals surface area contributed by atoms with Crippen molar-refractivity contribution in [3.8, 4) is 0 Å². The lowest BCUT2D eigenvalue weighted by molar-refractivity contribution is -0.143. The second-order valence-electron chi connectivity index (χ2n) is 10.1. The quantitative estimate of drug-likeness (QED) is 0.327. The molecule has 1 aromatic carbocycles. The number of carboxylic acids is 1. The number of hydrogen-bond acceptors (Lipinski definition) is 7. The van der Waals surface area contributed by atoms with Crippen molar-refractivity contribution in [2.24, 2.45) is 5.92 Å². The van der Waals surface area contributed by atoms with Gasteiger partial charge in [0.1, 0.15) is 11.9 Å². The smallest absolute Gasteiger partial charge is 0.326 e. The normalized spacial score (nSPS) is 16.8. The lowest BCUT2D eigenvalue weighted by atomic mass is 10.0. The zero-order valence-electron chi connectivity index (χ0n) is 21.8. The number of carboxylic acid groups (broad SMARTS) is 1. The summed E-state index contributed by atoms with van der Waals surface area (Å²) in [5.41, 5.74) is 2.37. The van der Waals surface area contributed by atoms with Crippen LogP contribution in [0.4, 0.5) is 5.82 Å². The maximum absolute atomic E-state index is 12.6. The van der Waals surface area contributed by atoms with Crippen molar-refractivity contribution in [1.29, 1.82) is 0 Å². The summed E-state index contributed by atoms with van der Waals surface area (Å²) >= 11 is 0. The van der Waals surface area contributed by atoms with Crippen LogP contribution in [0.15, 0.2) is 47.4 Å². The number of unbranched alkanes of at least 4 members (excludes halogenated alkanes) is 1. The number of benzene rings is 1. The molecule has 0 bridgehead atoms. The number of carbonyl (C=O) groups is 2. The molecule has 3 N–H and O–H groups in total. The zero-order chi connectivity index (χ0) is 27.1. The summed E-state index contributed by atoms with van der Waals surface area (Å²) in [6, 6.07) is 11.3. The number of fused-ring (bicyclic) bond motifs is 1. The van der Waals surface area contributed by atoms with Gasteiger partial charge in [-0.05, 0) is 75.9 Å². The minimum Gasteiger partial charge on any atom is -0.480 e. The molecule has 2 aliphatic heterocycles. The number of sulfonamides is 1. The number of hydrogen-bond donors (Lipinski definition) is 3. The Morgan fingerprint density at radius 2 is 1.92 bits per heavy atom. The molecule has 206 valence electrons. The van der Waals surface area contributed by atoms with Crippen LogP contribution in [0.5, 0.6) is 0 Å². The minimum atomic E-state index is -3.64. The predicted molar refractivity (Wildman–Crippen MR) is 144 cm³/mol. The zero-order valence-corrected chi connectivity index (χ0v) is 22.6. The molecule has 10 nitrogen and oxygen atoms in total. The minimum absolute atomic E-state index is 0.0461. The molecule has 2 aliphatic rings. The van der Waals surface area contributed by atoms with Gasteiger partial charge in [0, 0.05) is 31.9 Å². The van der Waals surface area contributed by atoms with Crippen LogP contribution in [0.2, 0.25) is 0 Å². The number of anilines is 1. The number of nitrogens with zero attached hydrogens (tertiary/aromatic N) is 3. The molecule has 0 saturated carbocycles. The Bertz CT molecular complexity index is 1220. The highest BCUT2D eigenvalue weighted by molar-refractivity contribution is 7.89. The highest BCUT2D eigenvalue weighted by Gasteiger charge is 2.41. The number of aryl methyl sites for hydroxylation is 2. The number of carbonyl (C=O) groups excluding carboxylic acids is 1. The van der Waals surface area contributed by atoms with Gasteiger partial charge in [-0.15, -0.1) is 0 Å². The molecular weight excluding hydrogens is 506 g/mol. The summed E-state index contributed by atoms with van der Waals surface area (Å²) < 4.78 is 26.5. The summed E-state index contributed by atoms with van der Waals surface area (Å²) in [4.78, 5) is 31.3. The summed E-state index contributed by atoms with van der Waals surface area (Å²) in [5.74, 6) is -1.06. The van der Waals surface area contributed by atoms with Crippen molar-refractivity contribution in [3.05, 3.63) is 53.7 Å². The molecule has 1 atom stereocenters. The van der Waals surface area contributed by atoms with E-state index in [0.717, 1.165) is 56.7 Å². The fourth-order valence-electron chi connectivity index (χ4n) is 4.75. The molecule has 1 amide bonds. The number of rotatable bonds is 13. The molecule has 2 aromatic rings. The van der Waals surface area contributed by atoms with Crippen LogP contribution in [-0.4, -0.2) is 85.4 Å². The summed E-state index contributed by atoms with van der Waals surface area (Å²) in [7, 11) is -1.70. The van der Waals surface area contributed by atoms with E-state index in [2.05, 4.69) is 27.7 Å². The highest BCUT2D eigenvalue weighted by atomic mass is 32.2. The Morgan fingerprint density at radius 1 is 1.16 bits per heavy atom. The predicted octanol–water partition coefficient (Wildman–Crippen LogP) is 1.97. The second kappa shape index (κ2) is 12.7. The van der Waals surface area contributed by atoms with Gasteiger partial charge < -0.3 is 20.6 Å². The Balaban J connectivity index is 1.15. The van der Waals surface area contributed by atoms with E-state index in [1.54, 1.807) is 18.2 Å². The number of amides is 1. The molecule has 1 aromatic heterocycles. The third kappa shape index (κ3) is 7.09. The molecule has 0 spiro atoms. The van der Waals surface area contributed by atoms with E-state index in [1.165, 1.54) is 22.0 Å². The third-order valence-corrected chi connectivity index (χ3v) is 9.03. The molecule has 38 heavy (non-hydrogen) atoms. The molecule has 11 heteroatoms. The second-order valence-corrected chi connectivity index (χ2v) is 12.1. The van der Waals surface area contributed by atoms with Crippen LogP contribution in [0.25, 0.3) is 0 Å². The van der Waals surface area contributed by atoms with Crippen molar-refractivity contribution in [3.63, 3.8) is 0 Å². The van der Waals surface area contributed by atoms with E-state index in [4.69, 9.17) is 4.98 Å². The Morgan fingerprint density at radius 3 is 2.66 bits per heavy atom. The third-order valence-electron chi connectivity index (χ3n) is 7.19. The maximum atomic E-state index is 12.6. The molecule has 1 unspecified atom stereocenters. The van der Waals surface area contributed by atoms with Gasteiger partial charge in [-0.1, -0.05) is 24.3 Å². The van der Waals surface area contributed by atoms with Crippen molar-refractivity contribution < 1.29 is 23.1 Å².